The lowest BCUT2D eigenvalue weighted by Crippen LogP contribution is -2.50. The van der Waals surface area contributed by atoms with Crippen LogP contribution in [0.3, 0.4) is 0 Å². The lowest BCUT2D eigenvalue weighted by atomic mass is 10.0. The standard InChI is InChI=1S/C16H24N2O3/c1-6-18(4)16(20)14(11(2)3)17-15(19)12-8-7-9-13(10-12)21-5/h7-11,14H,6H2,1-5H3,(H,17,19)/t14-/m0/s1. The van der Waals surface area contributed by atoms with E-state index in [1.54, 1.807) is 43.3 Å². The van der Waals surface area contributed by atoms with E-state index < -0.39 is 6.04 Å². The molecule has 0 saturated heterocycles. The van der Waals surface area contributed by atoms with E-state index in [9.17, 15) is 9.59 Å². The topological polar surface area (TPSA) is 58.6 Å². The van der Waals surface area contributed by atoms with Crippen LogP contribution in [0.15, 0.2) is 24.3 Å². The van der Waals surface area contributed by atoms with Gasteiger partial charge in [0.25, 0.3) is 5.91 Å². The van der Waals surface area contributed by atoms with E-state index >= 15 is 0 Å². The third-order valence-electron chi connectivity index (χ3n) is 3.40. The van der Waals surface area contributed by atoms with Gasteiger partial charge in [0.1, 0.15) is 11.8 Å². The molecule has 1 atom stereocenters. The molecule has 116 valence electrons. The van der Waals surface area contributed by atoms with E-state index in [4.69, 9.17) is 4.74 Å². The van der Waals surface area contributed by atoms with Crippen molar-refractivity contribution in [2.45, 2.75) is 26.8 Å². The molecule has 0 aliphatic heterocycles. The van der Waals surface area contributed by atoms with Gasteiger partial charge >= 0.3 is 0 Å². The van der Waals surface area contributed by atoms with Crippen molar-refractivity contribution >= 4 is 11.8 Å². The number of carbonyl (C=O) groups excluding carboxylic acids is 2. The van der Waals surface area contributed by atoms with Crippen LogP contribution in [0.4, 0.5) is 0 Å². The van der Waals surface area contributed by atoms with Crippen LogP contribution in [0.5, 0.6) is 5.75 Å². The van der Waals surface area contributed by atoms with Gasteiger partial charge in [-0.25, -0.2) is 0 Å². The highest BCUT2D eigenvalue weighted by molar-refractivity contribution is 5.97. The number of nitrogens with one attached hydrogen (secondary N) is 1. The maximum Gasteiger partial charge on any atom is 0.252 e. The molecule has 0 bridgehead atoms. The van der Waals surface area contributed by atoms with Crippen molar-refractivity contribution < 1.29 is 14.3 Å². The number of hydrogen-bond donors (Lipinski definition) is 1. The van der Waals surface area contributed by atoms with Gasteiger partial charge in [0.05, 0.1) is 7.11 Å². The molecule has 21 heavy (non-hydrogen) atoms. The van der Waals surface area contributed by atoms with Crippen molar-refractivity contribution in [2.75, 3.05) is 20.7 Å². The van der Waals surface area contributed by atoms with Gasteiger partial charge in [0, 0.05) is 19.2 Å². The first-order valence-corrected chi connectivity index (χ1v) is 7.10. The SMILES string of the molecule is CCN(C)C(=O)[C@@H](NC(=O)c1cccc(OC)c1)C(C)C. The second-order valence-corrected chi connectivity index (χ2v) is 5.28. The zero-order valence-electron chi connectivity index (χ0n) is 13.3. The lowest BCUT2D eigenvalue weighted by Gasteiger charge is -2.26. The number of likely N-dealkylation sites (N-methyl/N-ethyl adjacent to an activating group) is 1. The summed E-state index contributed by atoms with van der Waals surface area (Å²) < 4.78 is 5.11. The molecular formula is C16H24N2O3. The Morgan fingerprint density at radius 3 is 2.52 bits per heavy atom. The zero-order chi connectivity index (χ0) is 16.0. The van der Waals surface area contributed by atoms with E-state index in [0.717, 1.165) is 0 Å². The molecular weight excluding hydrogens is 268 g/mol. The normalized spacial score (nSPS) is 11.9. The van der Waals surface area contributed by atoms with Gasteiger partial charge in [-0.05, 0) is 31.0 Å². The highest BCUT2D eigenvalue weighted by Crippen LogP contribution is 2.13. The number of benzene rings is 1. The summed E-state index contributed by atoms with van der Waals surface area (Å²) in [6, 6.07) is 6.34. The second kappa shape index (κ2) is 7.67. The maximum absolute atomic E-state index is 12.3. The van der Waals surface area contributed by atoms with Gasteiger partial charge in [-0.1, -0.05) is 19.9 Å². The average Bonchev–Trinajstić information content (AvgIpc) is 2.50. The van der Waals surface area contributed by atoms with Gasteiger partial charge < -0.3 is 15.0 Å². The molecule has 0 saturated carbocycles. The average molecular weight is 292 g/mol. The van der Waals surface area contributed by atoms with Crippen LogP contribution in [0.2, 0.25) is 0 Å². The molecule has 0 spiro atoms. The number of nitrogens with zero attached hydrogens (tertiary/aromatic N) is 1. The van der Waals surface area contributed by atoms with E-state index in [0.29, 0.717) is 17.9 Å². The Bertz CT molecular complexity index is 500. The fourth-order valence-corrected chi connectivity index (χ4v) is 1.90. The number of methoxy groups -OCH3 is 1. The van der Waals surface area contributed by atoms with Gasteiger partial charge in [-0.2, -0.15) is 0 Å². The summed E-state index contributed by atoms with van der Waals surface area (Å²) in [4.78, 5) is 26.2. The molecule has 0 aliphatic carbocycles. The second-order valence-electron chi connectivity index (χ2n) is 5.28. The van der Waals surface area contributed by atoms with Crippen LogP contribution in [0.25, 0.3) is 0 Å². The molecule has 0 unspecified atom stereocenters. The summed E-state index contributed by atoms with van der Waals surface area (Å²) in [5.41, 5.74) is 0.479. The first kappa shape index (κ1) is 17.0. The fourth-order valence-electron chi connectivity index (χ4n) is 1.90. The van der Waals surface area contributed by atoms with Crippen molar-refractivity contribution in [3.05, 3.63) is 29.8 Å². The van der Waals surface area contributed by atoms with Crippen LogP contribution in [0.1, 0.15) is 31.1 Å². The fraction of sp³-hybridized carbons (Fsp3) is 0.500. The molecule has 0 aromatic heterocycles. The molecule has 0 fully saturated rings. The first-order chi connectivity index (χ1) is 9.90. The largest absolute Gasteiger partial charge is 0.497 e. The van der Waals surface area contributed by atoms with E-state index in [1.807, 2.05) is 20.8 Å². The van der Waals surface area contributed by atoms with Crippen molar-refractivity contribution in [3.63, 3.8) is 0 Å². The highest BCUT2D eigenvalue weighted by atomic mass is 16.5. The molecule has 1 N–H and O–H groups in total. The molecule has 1 aromatic rings. The van der Waals surface area contributed by atoms with Crippen molar-refractivity contribution in [1.82, 2.24) is 10.2 Å². The summed E-state index contributed by atoms with van der Waals surface area (Å²) in [5, 5.41) is 2.81. The van der Waals surface area contributed by atoms with Crippen LogP contribution in [-0.4, -0.2) is 43.5 Å². The summed E-state index contributed by atoms with van der Waals surface area (Å²) >= 11 is 0. The van der Waals surface area contributed by atoms with Crippen molar-refractivity contribution in [3.8, 4) is 5.75 Å². The Labute approximate surface area is 126 Å². The molecule has 0 heterocycles. The monoisotopic (exact) mass is 292 g/mol. The predicted octanol–water partition coefficient (Wildman–Crippen LogP) is 1.93. The highest BCUT2D eigenvalue weighted by Gasteiger charge is 2.26. The van der Waals surface area contributed by atoms with Crippen LogP contribution < -0.4 is 10.1 Å². The first-order valence-electron chi connectivity index (χ1n) is 7.10. The number of hydrogen-bond acceptors (Lipinski definition) is 3. The summed E-state index contributed by atoms with van der Waals surface area (Å²) in [6.07, 6.45) is 0. The third kappa shape index (κ3) is 4.48. The van der Waals surface area contributed by atoms with Crippen molar-refractivity contribution in [1.29, 1.82) is 0 Å². The number of carbonyl (C=O) groups is 2. The summed E-state index contributed by atoms with van der Waals surface area (Å²) in [7, 11) is 3.28. The third-order valence-corrected chi connectivity index (χ3v) is 3.40. The maximum atomic E-state index is 12.3. The molecule has 2 amide bonds. The predicted molar refractivity (Wildman–Crippen MR) is 82.4 cm³/mol. The molecule has 1 rings (SSSR count). The zero-order valence-corrected chi connectivity index (χ0v) is 13.3. The minimum absolute atomic E-state index is 0.0149. The smallest absolute Gasteiger partial charge is 0.252 e. The quantitative estimate of drug-likeness (QED) is 0.871. The summed E-state index contributed by atoms with van der Waals surface area (Å²) in [5.74, 6) is 0.274. The molecule has 5 nitrogen and oxygen atoms in total. The Morgan fingerprint density at radius 1 is 1.33 bits per heavy atom. The molecule has 1 aromatic carbocycles. The van der Waals surface area contributed by atoms with Crippen LogP contribution in [0, 0.1) is 5.92 Å². The molecule has 5 heteroatoms. The van der Waals surface area contributed by atoms with E-state index in [2.05, 4.69) is 5.32 Å². The minimum Gasteiger partial charge on any atom is -0.497 e. The van der Waals surface area contributed by atoms with Crippen molar-refractivity contribution in [2.24, 2.45) is 5.92 Å². The minimum atomic E-state index is -0.534. The van der Waals surface area contributed by atoms with Gasteiger partial charge in [-0.3, -0.25) is 9.59 Å². The molecule has 0 aliphatic rings. The Morgan fingerprint density at radius 2 is 2.00 bits per heavy atom. The van der Waals surface area contributed by atoms with Gasteiger partial charge in [0.2, 0.25) is 5.91 Å². The Hall–Kier alpha value is -2.04. The Balaban J connectivity index is 2.88. The number of amides is 2. The van der Waals surface area contributed by atoms with E-state index in [-0.39, 0.29) is 17.7 Å². The van der Waals surface area contributed by atoms with Crippen LogP contribution >= 0.6 is 0 Å². The Kier molecular flexibility index (Phi) is 6.21. The lowest BCUT2D eigenvalue weighted by molar-refractivity contribution is -0.132. The van der Waals surface area contributed by atoms with Crippen LogP contribution in [-0.2, 0) is 4.79 Å². The van der Waals surface area contributed by atoms with Gasteiger partial charge in [0.15, 0.2) is 0 Å². The van der Waals surface area contributed by atoms with Gasteiger partial charge in [-0.15, -0.1) is 0 Å². The number of ether oxygens (including phenoxy) is 1. The number of rotatable bonds is 6. The molecule has 0 radical (unpaired) electrons. The van der Waals surface area contributed by atoms with E-state index in [1.165, 1.54) is 0 Å². The summed E-state index contributed by atoms with van der Waals surface area (Å²) in [6.45, 7) is 6.34.